The van der Waals surface area contributed by atoms with E-state index in [1.807, 2.05) is 24.3 Å². The molecule has 0 unspecified atom stereocenters. The summed E-state index contributed by atoms with van der Waals surface area (Å²) in [6, 6.07) is 0. The monoisotopic (exact) mass is 294 g/mol. The van der Waals surface area contributed by atoms with Gasteiger partial charge in [0, 0.05) is 6.42 Å². The van der Waals surface area contributed by atoms with Crippen molar-refractivity contribution < 1.29 is 15.0 Å². The van der Waals surface area contributed by atoms with E-state index >= 15 is 0 Å². The largest absolute Gasteiger partial charge is 0.481 e. The second kappa shape index (κ2) is 15.0. The number of carboxylic acids is 1. The minimum absolute atomic E-state index is 0.292. The summed E-state index contributed by atoms with van der Waals surface area (Å²) in [6.07, 6.45) is 19.7. The lowest BCUT2D eigenvalue weighted by atomic mass is 10.1. The first kappa shape index (κ1) is 19.7. The molecule has 0 aliphatic carbocycles. The summed E-state index contributed by atoms with van der Waals surface area (Å²) < 4.78 is 0. The first-order valence-electron chi connectivity index (χ1n) is 8.05. The molecule has 0 heterocycles. The Kier molecular flexibility index (Phi) is 14.1. The van der Waals surface area contributed by atoms with E-state index in [4.69, 9.17) is 5.11 Å². The van der Waals surface area contributed by atoms with E-state index in [-0.39, 0.29) is 0 Å². The third-order valence-corrected chi connectivity index (χ3v) is 3.12. The Labute approximate surface area is 129 Å². The second-order valence-corrected chi connectivity index (χ2v) is 5.20. The number of carbonyl (C=O) groups is 1. The number of aliphatic hydroxyl groups is 1. The molecular formula is C18H30O3. The predicted molar refractivity (Wildman–Crippen MR) is 88.3 cm³/mol. The Morgan fingerprint density at radius 1 is 1.00 bits per heavy atom. The van der Waals surface area contributed by atoms with Crippen molar-refractivity contribution >= 4 is 5.97 Å². The maximum absolute atomic E-state index is 10.3. The number of unbranched alkanes of at least 4 members (excludes halogenated alkanes) is 5. The molecule has 0 saturated carbocycles. The lowest BCUT2D eigenvalue weighted by Gasteiger charge is -1.99. The van der Waals surface area contributed by atoms with Crippen LogP contribution in [0.5, 0.6) is 0 Å². The fraction of sp³-hybridized carbons (Fsp3) is 0.611. The van der Waals surface area contributed by atoms with Crippen molar-refractivity contribution in [3.63, 3.8) is 0 Å². The minimum atomic E-state index is -0.697. The Morgan fingerprint density at radius 3 is 2.43 bits per heavy atom. The quantitative estimate of drug-likeness (QED) is 0.296. The standard InChI is InChI=1S/C18H30O3/c1-2-3-11-14-17(19)15-12-9-7-5-4-6-8-10-13-16-18(20)21/h3,7,9,11-12,15,17,19H,2,4-6,8,10,13-14,16H2,1H3,(H,20,21)/b9-7+,11-3+,15-12+/t17-/m0/s1. The average Bonchev–Trinajstić information content (AvgIpc) is 2.44. The molecule has 2 N–H and O–H groups in total. The summed E-state index contributed by atoms with van der Waals surface area (Å²) in [5.41, 5.74) is 0. The highest BCUT2D eigenvalue weighted by Crippen LogP contribution is 2.07. The predicted octanol–water partition coefficient (Wildman–Crippen LogP) is 4.63. The molecule has 1 atom stereocenters. The fourth-order valence-corrected chi connectivity index (χ4v) is 1.92. The number of carboxylic acid groups (broad SMARTS) is 1. The van der Waals surface area contributed by atoms with Gasteiger partial charge in [-0.15, -0.1) is 0 Å². The smallest absolute Gasteiger partial charge is 0.303 e. The molecule has 0 aromatic carbocycles. The highest BCUT2D eigenvalue weighted by atomic mass is 16.4. The van der Waals surface area contributed by atoms with Crippen LogP contribution in [0.4, 0.5) is 0 Å². The van der Waals surface area contributed by atoms with Crippen LogP contribution in [0.1, 0.15) is 64.7 Å². The van der Waals surface area contributed by atoms with Crippen molar-refractivity contribution in [3.05, 3.63) is 36.5 Å². The lowest BCUT2D eigenvalue weighted by Crippen LogP contribution is -1.98. The van der Waals surface area contributed by atoms with E-state index in [1.165, 1.54) is 0 Å². The summed E-state index contributed by atoms with van der Waals surface area (Å²) in [7, 11) is 0. The number of hydrogen-bond donors (Lipinski definition) is 2. The molecule has 3 nitrogen and oxygen atoms in total. The van der Waals surface area contributed by atoms with Gasteiger partial charge in [-0.3, -0.25) is 4.79 Å². The summed E-state index contributed by atoms with van der Waals surface area (Å²) in [5, 5.41) is 18.1. The third-order valence-electron chi connectivity index (χ3n) is 3.12. The molecule has 0 aliphatic heterocycles. The zero-order valence-corrected chi connectivity index (χ0v) is 13.2. The van der Waals surface area contributed by atoms with Crippen molar-refractivity contribution in [2.45, 2.75) is 70.8 Å². The van der Waals surface area contributed by atoms with Crippen LogP contribution in [0.3, 0.4) is 0 Å². The first-order chi connectivity index (χ1) is 10.2. The van der Waals surface area contributed by atoms with Crippen LogP contribution in [0, 0.1) is 0 Å². The number of allylic oxidation sites excluding steroid dienone is 4. The van der Waals surface area contributed by atoms with Gasteiger partial charge in [-0.2, -0.15) is 0 Å². The highest BCUT2D eigenvalue weighted by molar-refractivity contribution is 5.66. The van der Waals surface area contributed by atoms with Crippen LogP contribution in [-0.2, 0) is 4.79 Å². The maximum atomic E-state index is 10.3. The maximum Gasteiger partial charge on any atom is 0.303 e. The van der Waals surface area contributed by atoms with Crippen LogP contribution in [0.15, 0.2) is 36.5 Å². The van der Waals surface area contributed by atoms with Crippen molar-refractivity contribution in [2.24, 2.45) is 0 Å². The van der Waals surface area contributed by atoms with E-state index in [1.54, 1.807) is 0 Å². The molecule has 0 spiro atoms. The number of aliphatic hydroxyl groups excluding tert-OH is 1. The SMILES string of the molecule is CC/C=C/C[C@H](O)/C=C/C=C/CCCCCCCC(=O)O. The van der Waals surface area contributed by atoms with E-state index in [0.717, 1.165) is 44.9 Å². The Hall–Kier alpha value is -1.35. The molecule has 0 fully saturated rings. The van der Waals surface area contributed by atoms with E-state index in [0.29, 0.717) is 12.8 Å². The van der Waals surface area contributed by atoms with Crippen molar-refractivity contribution in [3.8, 4) is 0 Å². The molecule has 21 heavy (non-hydrogen) atoms. The molecule has 0 saturated heterocycles. The normalized spacial score (nSPS) is 13.6. The number of aliphatic carboxylic acids is 1. The fourth-order valence-electron chi connectivity index (χ4n) is 1.92. The first-order valence-corrected chi connectivity index (χ1v) is 8.05. The van der Waals surface area contributed by atoms with Gasteiger partial charge in [0.05, 0.1) is 6.10 Å². The topological polar surface area (TPSA) is 57.5 Å². The molecule has 0 bridgehead atoms. The van der Waals surface area contributed by atoms with Crippen molar-refractivity contribution in [1.82, 2.24) is 0 Å². The van der Waals surface area contributed by atoms with Gasteiger partial charge in [0.1, 0.15) is 0 Å². The minimum Gasteiger partial charge on any atom is -0.481 e. The summed E-state index contributed by atoms with van der Waals surface area (Å²) in [6.45, 7) is 2.08. The van der Waals surface area contributed by atoms with Gasteiger partial charge in [-0.05, 0) is 32.1 Å². The Morgan fingerprint density at radius 2 is 1.71 bits per heavy atom. The van der Waals surface area contributed by atoms with Crippen LogP contribution in [-0.4, -0.2) is 22.3 Å². The molecule has 120 valence electrons. The van der Waals surface area contributed by atoms with E-state index < -0.39 is 12.1 Å². The van der Waals surface area contributed by atoms with Gasteiger partial charge < -0.3 is 10.2 Å². The molecule has 0 radical (unpaired) electrons. The zero-order valence-electron chi connectivity index (χ0n) is 13.2. The molecular weight excluding hydrogens is 264 g/mol. The Bertz CT molecular complexity index is 329. The molecule has 0 aliphatic rings. The zero-order chi connectivity index (χ0) is 15.8. The Balaban J connectivity index is 3.43. The number of rotatable bonds is 13. The molecule has 0 aromatic rings. The van der Waals surface area contributed by atoms with E-state index in [2.05, 4.69) is 19.1 Å². The van der Waals surface area contributed by atoms with Crippen molar-refractivity contribution in [2.75, 3.05) is 0 Å². The molecule has 0 rings (SSSR count). The lowest BCUT2D eigenvalue weighted by molar-refractivity contribution is -0.137. The molecule has 3 heteroatoms. The van der Waals surface area contributed by atoms with Crippen LogP contribution < -0.4 is 0 Å². The van der Waals surface area contributed by atoms with Gasteiger partial charge in [-0.1, -0.05) is 62.6 Å². The number of hydrogen-bond acceptors (Lipinski definition) is 2. The highest BCUT2D eigenvalue weighted by Gasteiger charge is 1.96. The van der Waals surface area contributed by atoms with Gasteiger partial charge in [-0.25, -0.2) is 0 Å². The summed E-state index contributed by atoms with van der Waals surface area (Å²) in [5.74, 6) is -0.697. The summed E-state index contributed by atoms with van der Waals surface area (Å²) in [4.78, 5) is 10.3. The van der Waals surface area contributed by atoms with Crippen LogP contribution in [0.2, 0.25) is 0 Å². The third kappa shape index (κ3) is 16.6. The van der Waals surface area contributed by atoms with Gasteiger partial charge in [0.2, 0.25) is 0 Å². The second-order valence-electron chi connectivity index (χ2n) is 5.20. The average molecular weight is 294 g/mol. The van der Waals surface area contributed by atoms with E-state index in [9.17, 15) is 9.90 Å². The van der Waals surface area contributed by atoms with Crippen LogP contribution in [0.25, 0.3) is 0 Å². The van der Waals surface area contributed by atoms with Gasteiger partial charge in [0.15, 0.2) is 0 Å². The molecule has 0 amide bonds. The van der Waals surface area contributed by atoms with Crippen molar-refractivity contribution in [1.29, 1.82) is 0 Å². The summed E-state index contributed by atoms with van der Waals surface area (Å²) >= 11 is 0. The van der Waals surface area contributed by atoms with Gasteiger partial charge >= 0.3 is 5.97 Å². The molecule has 0 aromatic heterocycles. The van der Waals surface area contributed by atoms with Crippen LogP contribution >= 0.6 is 0 Å². The van der Waals surface area contributed by atoms with Gasteiger partial charge in [0.25, 0.3) is 0 Å².